The van der Waals surface area contributed by atoms with Crippen LogP contribution < -0.4 is 10.6 Å². The van der Waals surface area contributed by atoms with E-state index in [-0.39, 0.29) is 5.82 Å². The number of hydrogen-bond acceptors (Lipinski definition) is 6. The molecule has 5 nitrogen and oxygen atoms in total. The second kappa shape index (κ2) is 9.36. The number of hydrogen-bond donors (Lipinski definition) is 2. The van der Waals surface area contributed by atoms with Gasteiger partial charge >= 0.3 is 0 Å². The number of thiazole rings is 1. The van der Waals surface area contributed by atoms with Crippen molar-refractivity contribution in [3.05, 3.63) is 89.3 Å². The summed E-state index contributed by atoms with van der Waals surface area (Å²) in [6, 6.07) is 16.5. The summed E-state index contributed by atoms with van der Waals surface area (Å²) in [5.74, 6) is 1.27. The molecule has 0 saturated carbocycles. The van der Waals surface area contributed by atoms with Gasteiger partial charge in [-0.1, -0.05) is 24.3 Å². The van der Waals surface area contributed by atoms with Gasteiger partial charge in [-0.2, -0.15) is 0 Å². The highest BCUT2D eigenvalue weighted by molar-refractivity contribution is 7.13. The molecule has 0 bridgehead atoms. The lowest BCUT2D eigenvalue weighted by Crippen LogP contribution is -2.16. The Kier molecular flexibility index (Phi) is 6.19. The van der Waals surface area contributed by atoms with E-state index in [1.54, 1.807) is 29.7 Å². The van der Waals surface area contributed by atoms with Gasteiger partial charge in [-0.3, -0.25) is 0 Å². The second-order valence-corrected chi connectivity index (χ2v) is 7.37. The maximum absolute atomic E-state index is 13.2. The smallest absolute Gasteiger partial charge is 0.141 e. The van der Waals surface area contributed by atoms with Crippen LogP contribution in [0.2, 0.25) is 0 Å². The summed E-state index contributed by atoms with van der Waals surface area (Å²) >= 11 is 1.56. The molecule has 3 aromatic heterocycles. The molecule has 0 saturated heterocycles. The van der Waals surface area contributed by atoms with Gasteiger partial charge < -0.3 is 10.6 Å². The lowest BCUT2D eigenvalue weighted by Gasteiger charge is -2.08. The summed E-state index contributed by atoms with van der Waals surface area (Å²) in [6.07, 6.45) is 4.39. The largest absolute Gasteiger partial charge is 0.325 e. The molecule has 0 amide bonds. The first-order valence-corrected chi connectivity index (χ1v) is 10.2. The third-order valence-corrected chi connectivity index (χ3v) is 5.09. The molecule has 3 heterocycles. The molecule has 0 radical (unpaired) electrons. The van der Waals surface area contributed by atoms with Crippen molar-refractivity contribution >= 4 is 23.0 Å². The second-order valence-electron chi connectivity index (χ2n) is 6.48. The van der Waals surface area contributed by atoms with Crippen molar-refractivity contribution in [2.45, 2.75) is 13.0 Å². The van der Waals surface area contributed by atoms with Gasteiger partial charge in [0.2, 0.25) is 0 Å². The van der Waals surface area contributed by atoms with E-state index in [9.17, 15) is 4.39 Å². The van der Waals surface area contributed by atoms with Gasteiger partial charge in [0.05, 0.1) is 0 Å². The number of anilines is 2. The van der Waals surface area contributed by atoms with Crippen LogP contribution >= 0.6 is 11.3 Å². The van der Waals surface area contributed by atoms with Crippen molar-refractivity contribution in [2.24, 2.45) is 0 Å². The molecule has 29 heavy (non-hydrogen) atoms. The molecule has 0 unspecified atom stereocenters. The van der Waals surface area contributed by atoms with Crippen LogP contribution in [0.3, 0.4) is 0 Å². The van der Waals surface area contributed by atoms with E-state index >= 15 is 0 Å². The summed E-state index contributed by atoms with van der Waals surface area (Å²) in [5.41, 5.74) is 2.91. The Bertz CT molecular complexity index is 1050. The molecule has 0 fully saturated rings. The summed E-state index contributed by atoms with van der Waals surface area (Å²) in [4.78, 5) is 13.3. The van der Waals surface area contributed by atoms with E-state index in [1.807, 2.05) is 48.0 Å². The Morgan fingerprint density at radius 3 is 2.66 bits per heavy atom. The topological polar surface area (TPSA) is 62.7 Å². The van der Waals surface area contributed by atoms with E-state index < -0.39 is 0 Å². The van der Waals surface area contributed by atoms with Crippen LogP contribution in [-0.4, -0.2) is 21.5 Å². The number of halogens is 1. The van der Waals surface area contributed by atoms with Crippen LogP contribution in [0.1, 0.15) is 11.1 Å². The highest BCUT2D eigenvalue weighted by Crippen LogP contribution is 2.22. The van der Waals surface area contributed by atoms with Gasteiger partial charge in [0.1, 0.15) is 28.2 Å². The fourth-order valence-corrected chi connectivity index (χ4v) is 3.47. The van der Waals surface area contributed by atoms with Gasteiger partial charge in [-0.05, 0) is 54.4 Å². The fourth-order valence-electron chi connectivity index (χ4n) is 2.87. The quantitative estimate of drug-likeness (QED) is 0.412. The molecule has 7 heteroatoms. The zero-order valence-electron chi connectivity index (χ0n) is 15.7. The molecule has 2 N–H and O–H groups in total. The average molecular weight is 406 g/mol. The van der Waals surface area contributed by atoms with Gasteiger partial charge in [-0.15, -0.1) is 11.3 Å². The van der Waals surface area contributed by atoms with Crippen LogP contribution in [0.15, 0.2) is 72.4 Å². The van der Waals surface area contributed by atoms with Crippen LogP contribution in [0.4, 0.5) is 16.0 Å². The molecule has 0 atom stereocenters. The first kappa shape index (κ1) is 19.2. The molecule has 146 valence electrons. The van der Waals surface area contributed by atoms with Crippen LogP contribution in [-0.2, 0) is 13.0 Å². The Morgan fingerprint density at radius 2 is 1.86 bits per heavy atom. The lowest BCUT2D eigenvalue weighted by atomic mass is 10.1. The highest BCUT2D eigenvalue weighted by Gasteiger charge is 2.04. The van der Waals surface area contributed by atoms with Gasteiger partial charge in [0.25, 0.3) is 0 Å². The molecular weight excluding hydrogens is 385 g/mol. The Labute approximate surface area is 172 Å². The summed E-state index contributed by atoms with van der Waals surface area (Å²) in [6.45, 7) is 1.48. The summed E-state index contributed by atoms with van der Waals surface area (Å²) < 4.78 is 13.2. The zero-order valence-corrected chi connectivity index (χ0v) is 16.5. The highest BCUT2D eigenvalue weighted by atomic mass is 32.1. The first-order valence-electron chi connectivity index (χ1n) is 9.30. The van der Waals surface area contributed by atoms with Crippen molar-refractivity contribution in [1.29, 1.82) is 0 Å². The van der Waals surface area contributed by atoms with Crippen LogP contribution in [0.25, 0.3) is 10.7 Å². The van der Waals surface area contributed by atoms with E-state index in [0.717, 1.165) is 46.4 Å². The average Bonchev–Trinajstić information content (AvgIpc) is 3.28. The third kappa shape index (κ3) is 5.43. The molecule has 0 aliphatic rings. The molecule has 0 spiro atoms. The standard InChI is InChI=1S/C22H20FN5S/c23-18-4-1-3-16(13-18)9-10-24-14-17-7-8-20(26-15-17)28-21-6-2-5-19(27-21)22-25-11-12-29-22/h1-8,11-13,15,24H,9-10,14H2,(H,26,27,28). The molecular formula is C22H20FN5S. The predicted octanol–water partition coefficient (Wildman–Crippen LogP) is 4.82. The summed E-state index contributed by atoms with van der Waals surface area (Å²) in [5, 5.41) is 9.41. The maximum Gasteiger partial charge on any atom is 0.141 e. The molecule has 4 aromatic rings. The molecule has 0 aliphatic heterocycles. The normalized spacial score (nSPS) is 10.8. The number of nitrogens with one attached hydrogen (secondary N) is 2. The van der Waals surface area contributed by atoms with E-state index in [2.05, 4.69) is 25.6 Å². The predicted molar refractivity (Wildman–Crippen MR) is 115 cm³/mol. The minimum Gasteiger partial charge on any atom is -0.325 e. The van der Waals surface area contributed by atoms with Gasteiger partial charge in [0.15, 0.2) is 0 Å². The molecule has 0 aliphatic carbocycles. The van der Waals surface area contributed by atoms with E-state index in [0.29, 0.717) is 6.54 Å². The van der Waals surface area contributed by atoms with Crippen molar-refractivity contribution in [2.75, 3.05) is 11.9 Å². The number of nitrogens with zero attached hydrogens (tertiary/aromatic N) is 3. The van der Waals surface area contributed by atoms with Crippen LogP contribution in [0, 0.1) is 5.82 Å². The minimum absolute atomic E-state index is 0.193. The maximum atomic E-state index is 13.2. The van der Waals surface area contributed by atoms with E-state index in [4.69, 9.17) is 0 Å². The first-order chi connectivity index (χ1) is 14.3. The van der Waals surface area contributed by atoms with Crippen LogP contribution in [0.5, 0.6) is 0 Å². The Hall–Kier alpha value is -3.16. The summed E-state index contributed by atoms with van der Waals surface area (Å²) in [7, 11) is 0. The van der Waals surface area contributed by atoms with Gasteiger partial charge in [-0.25, -0.2) is 19.3 Å². The lowest BCUT2D eigenvalue weighted by molar-refractivity contribution is 0.622. The van der Waals surface area contributed by atoms with Crippen molar-refractivity contribution in [3.8, 4) is 10.7 Å². The van der Waals surface area contributed by atoms with Crippen molar-refractivity contribution < 1.29 is 4.39 Å². The third-order valence-electron chi connectivity index (χ3n) is 4.29. The molecule has 1 aromatic carbocycles. The SMILES string of the molecule is Fc1cccc(CCNCc2ccc(Nc3cccc(-c4nccs4)n3)nc2)c1. The number of aromatic nitrogens is 3. The number of benzene rings is 1. The van der Waals surface area contributed by atoms with Gasteiger partial charge in [0, 0.05) is 24.3 Å². The molecule has 4 rings (SSSR count). The zero-order chi connectivity index (χ0) is 19.9. The Balaban J connectivity index is 1.28. The monoisotopic (exact) mass is 405 g/mol. The number of rotatable bonds is 8. The van der Waals surface area contributed by atoms with Crippen molar-refractivity contribution in [1.82, 2.24) is 20.3 Å². The minimum atomic E-state index is -0.193. The fraction of sp³-hybridized carbons (Fsp3) is 0.136. The number of pyridine rings is 2. The van der Waals surface area contributed by atoms with E-state index in [1.165, 1.54) is 6.07 Å². The Morgan fingerprint density at radius 1 is 0.931 bits per heavy atom. The van der Waals surface area contributed by atoms with Crippen molar-refractivity contribution in [3.63, 3.8) is 0 Å².